The third-order valence-corrected chi connectivity index (χ3v) is 3.47. The molecule has 1 aliphatic heterocycles. The first-order valence-electron chi connectivity index (χ1n) is 6.14. The Morgan fingerprint density at radius 1 is 1.70 bits per heavy atom. The molecular formula is C12H19FN6O. The molecule has 6 N–H and O–H groups in total. The number of amidine groups is 1. The number of primary amides is 1. The van der Waals surface area contributed by atoms with Gasteiger partial charge in [0.15, 0.2) is 0 Å². The zero-order chi connectivity index (χ0) is 15.3. The van der Waals surface area contributed by atoms with Crippen molar-refractivity contribution in [3.05, 3.63) is 11.8 Å². The number of likely N-dealkylation sites (tertiary alicyclic amines) is 1. The molecule has 1 heterocycles. The van der Waals surface area contributed by atoms with E-state index in [2.05, 4.69) is 5.32 Å². The highest BCUT2D eigenvalue weighted by atomic mass is 19.1. The molecule has 0 bridgehead atoms. The van der Waals surface area contributed by atoms with Gasteiger partial charge in [-0.25, -0.2) is 4.39 Å². The maximum Gasteiger partial charge on any atom is 0.253 e. The van der Waals surface area contributed by atoms with Crippen LogP contribution < -0.4 is 16.8 Å². The van der Waals surface area contributed by atoms with E-state index < -0.39 is 23.5 Å². The van der Waals surface area contributed by atoms with Gasteiger partial charge >= 0.3 is 0 Å². The zero-order valence-corrected chi connectivity index (χ0v) is 11.3. The summed E-state index contributed by atoms with van der Waals surface area (Å²) >= 11 is 0. The predicted octanol–water partition coefficient (Wildman–Crippen LogP) is -0.793. The lowest BCUT2D eigenvalue weighted by molar-refractivity contribution is -0.114. The molecule has 2 unspecified atom stereocenters. The fourth-order valence-corrected chi connectivity index (χ4v) is 2.14. The van der Waals surface area contributed by atoms with Crippen LogP contribution in [0.25, 0.3) is 0 Å². The molecule has 110 valence electrons. The van der Waals surface area contributed by atoms with E-state index in [1.807, 2.05) is 11.0 Å². The molecule has 0 aromatic carbocycles. The number of hydrogen-bond donors (Lipinski definition) is 4. The van der Waals surface area contributed by atoms with Crippen LogP contribution in [0.4, 0.5) is 4.39 Å². The molecule has 0 aromatic heterocycles. The number of nitrogens with two attached hydrogens (primary N) is 2. The fourth-order valence-electron chi connectivity index (χ4n) is 2.14. The summed E-state index contributed by atoms with van der Waals surface area (Å²) < 4.78 is 14.3. The SMILES string of the molecule is CN1CCC(CC#N)(N/C=C(\C(=N)N)C(N)=O)C(F)C1. The number of nitriles is 1. The van der Waals surface area contributed by atoms with Gasteiger partial charge in [0, 0.05) is 19.3 Å². The van der Waals surface area contributed by atoms with Gasteiger partial charge in [-0.05, 0) is 13.5 Å². The van der Waals surface area contributed by atoms with Crippen LogP contribution in [0.5, 0.6) is 0 Å². The largest absolute Gasteiger partial charge is 0.383 e. The van der Waals surface area contributed by atoms with E-state index in [1.165, 1.54) is 0 Å². The Hall–Kier alpha value is -2.14. The van der Waals surface area contributed by atoms with Crippen molar-refractivity contribution >= 4 is 11.7 Å². The lowest BCUT2D eigenvalue weighted by Crippen LogP contribution is -2.59. The molecule has 0 radical (unpaired) electrons. The van der Waals surface area contributed by atoms with Crippen molar-refractivity contribution in [2.75, 3.05) is 20.1 Å². The van der Waals surface area contributed by atoms with E-state index in [9.17, 15) is 9.18 Å². The Morgan fingerprint density at radius 3 is 2.80 bits per heavy atom. The zero-order valence-electron chi connectivity index (χ0n) is 11.3. The topological polar surface area (TPSA) is 132 Å². The Morgan fingerprint density at radius 2 is 2.35 bits per heavy atom. The van der Waals surface area contributed by atoms with Gasteiger partial charge in [-0.2, -0.15) is 5.26 Å². The standard InChI is InChI=1S/C12H19FN6O/c1-19-5-3-12(2-4-14,9(13)7-19)18-6-8(10(15)16)11(17)20/h6,9,18H,2-3,5,7H2,1H3,(H3,15,16)(H2,17,20)/b8-6+. The van der Waals surface area contributed by atoms with Crippen LogP contribution in [0.2, 0.25) is 0 Å². The summed E-state index contributed by atoms with van der Waals surface area (Å²) in [6, 6.07) is 1.95. The number of hydrogen-bond acceptors (Lipinski definition) is 5. The molecule has 7 nitrogen and oxygen atoms in total. The quantitative estimate of drug-likeness (QED) is 0.298. The molecular weight excluding hydrogens is 263 g/mol. The van der Waals surface area contributed by atoms with Gasteiger partial charge in [-0.1, -0.05) is 0 Å². The summed E-state index contributed by atoms with van der Waals surface area (Å²) in [5, 5.41) is 18.9. The van der Waals surface area contributed by atoms with Crippen molar-refractivity contribution in [1.82, 2.24) is 10.2 Å². The molecule has 2 atom stereocenters. The van der Waals surface area contributed by atoms with E-state index in [0.717, 1.165) is 6.20 Å². The number of nitrogens with one attached hydrogen (secondary N) is 2. The predicted molar refractivity (Wildman–Crippen MR) is 72.3 cm³/mol. The maximum absolute atomic E-state index is 14.3. The molecule has 0 saturated carbocycles. The second-order valence-corrected chi connectivity index (χ2v) is 4.95. The summed E-state index contributed by atoms with van der Waals surface area (Å²) in [5.41, 5.74) is 9.01. The van der Waals surface area contributed by atoms with Gasteiger partial charge in [0.25, 0.3) is 5.91 Å². The van der Waals surface area contributed by atoms with E-state index in [-0.39, 0.29) is 18.5 Å². The van der Waals surface area contributed by atoms with Crippen LogP contribution in [0, 0.1) is 16.7 Å². The second-order valence-electron chi connectivity index (χ2n) is 4.95. The van der Waals surface area contributed by atoms with Gasteiger partial charge in [0.1, 0.15) is 12.0 Å². The molecule has 8 heteroatoms. The highest BCUT2D eigenvalue weighted by Crippen LogP contribution is 2.28. The van der Waals surface area contributed by atoms with Crippen molar-refractivity contribution in [3.63, 3.8) is 0 Å². The molecule has 1 aliphatic rings. The van der Waals surface area contributed by atoms with Gasteiger partial charge in [0.05, 0.1) is 23.6 Å². The number of carbonyl (C=O) groups excluding carboxylic acids is 1. The summed E-state index contributed by atoms with van der Waals surface area (Å²) in [5.74, 6) is -1.37. The number of alkyl halides is 1. The van der Waals surface area contributed by atoms with Crippen LogP contribution in [-0.4, -0.2) is 48.5 Å². The van der Waals surface area contributed by atoms with Crippen LogP contribution in [0.1, 0.15) is 12.8 Å². The third-order valence-electron chi connectivity index (χ3n) is 3.47. The average Bonchev–Trinajstić information content (AvgIpc) is 2.33. The molecule has 20 heavy (non-hydrogen) atoms. The highest BCUT2D eigenvalue weighted by Gasteiger charge is 2.42. The maximum atomic E-state index is 14.3. The van der Waals surface area contributed by atoms with Crippen LogP contribution in [0.15, 0.2) is 11.8 Å². The fraction of sp³-hybridized carbons (Fsp3) is 0.583. The first-order valence-corrected chi connectivity index (χ1v) is 6.14. The molecule has 1 amide bonds. The van der Waals surface area contributed by atoms with Crippen molar-refractivity contribution in [2.24, 2.45) is 11.5 Å². The van der Waals surface area contributed by atoms with Gasteiger partial charge < -0.3 is 21.7 Å². The van der Waals surface area contributed by atoms with E-state index in [4.69, 9.17) is 22.1 Å². The van der Waals surface area contributed by atoms with Crippen molar-refractivity contribution in [1.29, 1.82) is 10.7 Å². The Labute approximate surface area is 116 Å². The number of carbonyl (C=O) groups is 1. The van der Waals surface area contributed by atoms with Gasteiger partial charge in [-0.3, -0.25) is 10.2 Å². The summed E-state index contributed by atoms with van der Waals surface area (Å²) in [7, 11) is 1.79. The Kier molecular flexibility index (Phi) is 5.05. The Bertz CT molecular complexity index is 455. The monoisotopic (exact) mass is 282 g/mol. The lowest BCUT2D eigenvalue weighted by atomic mass is 9.83. The third kappa shape index (κ3) is 3.45. The molecule has 1 fully saturated rings. The van der Waals surface area contributed by atoms with E-state index in [1.54, 1.807) is 7.05 Å². The second kappa shape index (κ2) is 6.34. The van der Waals surface area contributed by atoms with Crippen molar-refractivity contribution in [3.8, 4) is 6.07 Å². The first-order chi connectivity index (χ1) is 9.32. The lowest BCUT2D eigenvalue weighted by Gasteiger charge is -2.42. The van der Waals surface area contributed by atoms with Crippen molar-refractivity contribution < 1.29 is 9.18 Å². The summed E-state index contributed by atoms with van der Waals surface area (Å²) in [6.07, 6.45) is 0.208. The minimum absolute atomic E-state index is 0.0531. The summed E-state index contributed by atoms with van der Waals surface area (Å²) in [4.78, 5) is 13.0. The molecule has 0 spiro atoms. The van der Waals surface area contributed by atoms with Crippen LogP contribution >= 0.6 is 0 Å². The minimum atomic E-state index is -1.28. The minimum Gasteiger partial charge on any atom is -0.383 e. The summed E-state index contributed by atoms with van der Waals surface area (Å²) in [6.45, 7) is 0.809. The number of nitrogens with zero attached hydrogens (tertiary/aromatic N) is 2. The number of piperidine rings is 1. The number of halogens is 1. The van der Waals surface area contributed by atoms with Gasteiger partial charge in [0.2, 0.25) is 0 Å². The van der Waals surface area contributed by atoms with Crippen LogP contribution in [0.3, 0.4) is 0 Å². The van der Waals surface area contributed by atoms with Crippen LogP contribution in [-0.2, 0) is 4.79 Å². The molecule has 0 aromatic rings. The normalized spacial score (nSPS) is 27.6. The van der Waals surface area contributed by atoms with Crippen molar-refractivity contribution in [2.45, 2.75) is 24.6 Å². The van der Waals surface area contributed by atoms with E-state index >= 15 is 0 Å². The number of amides is 1. The van der Waals surface area contributed by atoms with E-state index in [0.29, 0.717) is 13.0 Å². The smallest absolute Gasteiger partial charge is 0.253 e. The molecule has 0 aliphatic carbocycles. The molecule has 1 saturated heterocycles. The first kappa shape index (κ1) is 15.9. The molecule has 1 rings (SSSR count). The highest BCUT2D eigenvalue weighted by molar-refractivity contribution is 6.18. The van der Waals surface area contributed by atoms with Gasteiger partial charge in [-0.15, -0.1) is 0 Å². The average molecular weight is 282 g/mol. The number of rotatable bonds is 5. The Balaban J connectivity index is 2.98.